The fraction of sp³-hybridized carbons (Fsp3) is 0.368. The van der Waals surface area contributed by atoms with Crippen LogP contribution in [0, 0.1) is 10.1 Å². The number of hydrogen-bond acceptors (Lipinski definition) is 6. The maximum Gasteiger partial charge on any atom is 0.417 e. The molecule has 31 heavy (non-hydrogen) atoms. The van der Waals surface area contributed by atoms with Gasteiger partial charge in [0.05, 0.1) is 21.6 Å². The van der Waals surface area contributed by atoms with E-state index in [-0.39, 0.29) is 22.4 Å². The quantitative estimate of drug-likeness (QED) is 0.542. The van der Waals surface area contributed by atoms with Crippen LogP contribution in [0.3, 0.4) is 0 Å². The Labute approximate surface area is 180 Å². The number of halogens is 4. The highest BCUT2D eigenvalue weighted by atomic mass is 35.5. The lowest BCUT2D eigenvalue weighted by Crippen LogP contribution is -2.53. The lowest BCUT2D eigenvalue weighted by molar-refractivity contribution is -0.384. The van der Waals surface area contributed by atoms with Crippen LogP contribution in [0.25, 0.3) is 0 Å². The van der Waals surface area contributed by atoms with E-state index in [2.05, 4.69) is 10.3 Å². The summed E-state index contributed by atoms with van der Waals surface area (Å²) in [6, 6.07) is 5.90. The van der Waals surface area contributed by atoms with Crippen LogP contribution in [0.1, 0.15) is 12.5 Å². The summed E-state index contributed by atoms with van der Waals surface area (Å²) in [5.74, 6) is 0.00490. The molecule has 0 aliphatic carbocycles. The van der Waals surface area contributed by atoms with E-state index in [9.17, 15) is 28.1 Å². The number of carbonyl (C=O) groups is 1. The van der Waals surface area contributed by atoms with E-state index in [1.165, 1.54) is 24.3 Å². The number of non-ortho nitro benzene ring substituents is 1. The topological polar surface area (TPSA) is 91.6 Å². The number of nitrogens with one attached hydrogen (secondary N) is 1. The Morgan fingerprint density at radius 1 is 1.23 bits per heavy atom. The normalized spacial score (nSPS) is 16.1. The number of carbonyl (C=O) groups excluding carboxylic acids is 1. The van der Waals surface area contributed by atoms with E-state index in [1.807, 2.05) is 4.90 Å². The Balaban J connectivity index is 1.57. The standard InChI is InChI=1S/C19H19ClF3N5O3/c1-12(18(29)25-14-2-4-15(5-3-14)28(30)31)26-6-8-27(9-7-26)17-16(20)10-13(11-24-17)19(21,22)23/h2-5,10-12H,6-9H2,1H3,(H,25,29). The molecule has 1 aliphatic heterocycles. The van der Waals surface area contributed by atoms with Crippen LogP contribution in [-0.2, 0) is 11.0 Å². The molecule has 1 amide bonds. The summed E-state index contributed by atoms with van der Waals surface area (Å²) in [7, 11) is 0. The molecule has 0 radical (unpaired) electrons. The highest BCUT2D eigenvalue weighted by molar-refractivity contribution is 6.33. The van der Waals surface area contributed by atoms with E-state index in [1.54, 1.807) is 11.8 Å². The van der Waals surface area contributed by atoms with Crippen LogP contribution in [-0.4, -0.2) is 52.9 Å². The van der Waals surface area contributed by atoms with Gasteiger partial charge in [0.1, 0.15) is 5.82 Å². The number of nitro benzene ring substituents is 1. The molecule has 3 rings (SSSR count). The molecule has 8 nitrogen and oxygen atoms in total. The Kier molecular flexibility index (Phi) is 6.65. The van der Waals surface area contributed by atoms with Crippen LogP contribution in [0.2, 0.25) is 5.02 Å². The van der Waals surface area contributed by atoms with E-state index in [0.29, 0.717) is 31.9 Å². The van der Waals surface area contributed by atoms with Crippen molar-refractivity contribution in [1.29, 1.82) is 0 Å². The molecule has 12 heteroatoms. The van der Waals surface area contributed by atoms with Crippen molar-refractivity contribution >= 4 is 34.7 Å². The third kappa shape index (κ3) is 5.42. The molecule has 0 bridgehead atoms. The number of piperazine rings is 1. The van der Waals surface area contributed by atoms with Crippen molar-refractivity contribution in [2.24, 2.45) is 0 Å². The van der Waals surface area contributed by atoms with Gasteiger partial charge < -0.3 is 10.2 Å². The molecule has 1 fully saturated rings. The minimum absolute atomic E-state index is 0.0716. The summed E-state index contributed by atoms with van der Waals surface area (Å²) in [4.78, 5) is 30.3. The van der Waals surface area contributed by atoms with Gasteiger partial charge in [0.2, 0.25) is 5.91 Å². The van der Waals surface area contributed by atoms with E-state index >= 15 is 0 Å². The molecule has 1 unspecified atom stereocenters. The molecular formula is C19H19ClF3N5O3. The molecule has 1 saturated heterocycles. The number of aromatic nitrogens is 1. The number of rotatable bonds is 5. The highest BCUT2D eigenvalue weighted by Gasteiger charge is 2.33. The van der Waals surface area contributed by atoms with Gasteiger partial charge in [0, 0.05) is 50.2 Å². The van der Waals surface area contributed by atoms with Gasteiger partial charge in [-0.25, -0.2) is 4.98 Å². The monoisotopic (exact) mass is 457 g/mol. The van der Waals surface area contributed by atoms with Crippen LogP contribution in [0.15, 0.2) is 36.5 Å². The fourth-order valence-corrected chi connectivity index (χ4v) is 3.50. The second kappa shape index (κ2) is 9.06. The van der Waals surface area contributed by atoms with Gasteiger partial charge in [-0.1, -0.05) is 11.6 Å². The molecular weight excluding hydrogens is 439 g/mol. The molecule has 1 aromatic heterocycles. The summed E-state index contributed by atoms with van der Waals surface area (Å²) >= 11 is 6.02. The van der Waals surface area contributed by atoms with Crippen LogP contribution in [0.5, 0.6) is 0 Å². The average Bonchev–Trinajstić information content (AvgIpc) is 2.73. The second-order valence-electron chi connectivity index (χ2n) is 7.02. The Bertz CT molecular complexity index is 963. The zero-order chi connectivity index (χ0) is 22.8. The summed E-state index contributed by atoms with van der Waals surface area (Å²) in [5.41, 5.74) is -0.532. The van der Waals surface area contributed by atoms with E-state index in [4.69, 9.17) is 11.6 Å². The number of nitro groups is 1. The smallest absolute Gasteiger partial charge is 0.353 e. The minimum atomic E-state index is -4.51. The van der Waals surface area contributed by atoms with Gasteiger partial charge in [-0.05, 0) is 25.1 Å². The van der Waals surface area contributed by atoms with Crippen molar-refractivity contribution in [2.45, 2.75) is 19.1 Å². The first-order valence-electron chi connectivity index (χ1n) is 9.33. The lowest BCUT2D eigenvalue weighted by Gasteiger charge is -2.38. The number of nitrogens with zero attached hydrogens (tertiary/aromatic N) is 4. The molecule has 2 aromatic rings. The van der Waals surface area contributed by atoms with Gasteiger partial charge >= 0.3 is 6.18 Å². The van der Waals surface area contributed by atoms with Gasteiger partial charge in [-0.2, -0.15) is 13.2 Å². The lowest BCUT2D eigenvalue weighted by atomic mass is 10.2. The molecule has 1 N–H and O–H groups in total. The number of amides is 1. The van der Waals surface area contributed by atoms with Gasteiger partial charge in [-0.3, -0.25) is 19.8 Å². The molecule has 0 spiro atoms. The zero-order valence-corrected chi connectivity index (χ0v) is 17.2. The summed E-state index contributed by atoms with van der Waals surface area (Å²) in [6.07, 6.45) is -3.76. The summed E-state index contributed by atoms with van der Waals surface area (Å²) in [5, 5.41) is 13.3. The summed E-state index contributed by atoms with van der Waals surface area (Å²) in [6.45, 7) is 3.57. The molecule has 1 atom stereocenters. The van der Waals surface area contributed by atoms with Crippen molar-refractivity contribution in [1.82, 2.24) is 9.88 Å². The molecule has 0 saturated carbocycles. The fourth-order valence-electron chi connectivity index (χ4n) is 3.22. The first-order valence-corrected chi connectivity index (χ1v) is 9.71. The number of anilines is 2. The first kappa shape index (κ1) is 22.8. The number of hydrogen-bond donors (Lipinski definition) is 1. The van der Waals surface area contributed by atoms with Crippen molar-refractivity contribution in [3.8, 4) is 0 Å². The minimum Gasteiger partial charge on any atom is -0.353 e. The maximum atomic E-state index is 12.8. The van der Waals surface area contributed by atoms with Crippen LogP contribution < -0.4 is 10.2 Å². The van der Waals surface area contributed by atoms with Gasteiger partial charge in [-0.15, -0.1) is 0 Å². The molecule has 1 aromatic carbocycles. The largest absolute Gasteiger partial charge is 0.417 e. The first-order chi connectivity index (χ1) is 14.6. The number of pyridine rings is 1. The van der Waals surface area contributed by atoms with Crippen molar-refractivity contribution in [3.63, 3.8) is 0 Å². The van der Waals surface area contributed by atoms with Gasteiger partial charge in [0.25, 0.3) is 5.69 Å². The summed E-state index contributed by atoms with van der Waals surface area (Å²) < 4.78 is 38.3. The predicted molar refractivity (Wildman–Crippen MR) is 109 cm³/mol. The molecule has 166 valence electrons. The Hall–Kier alpha value is -2.92. The zero-order valence-electron chi connectivity index (χ0n) is 16.4. The van der Waals surface area contributed by atoms with Crippen LogP contribution in [0.4, 0.5) is 30.4 Å². The molecule has 2 heterocycles. The maximum absolute atomic E-state index is 12.8. The van der Waals surface area contributed by atoms with Crippen molar-refractivity contribution in [3.05, 3.63) is 57.2 Å². The van der Waals surface area contributed by atoms with Gasteiger partial charge in [0.15, 0.2) is 0 Å². The third-order valence-corrected chi connectivity index (χ3v) is 5.31. The van der Waals surface area contributed by atoms with E-state index < -0.39 is 22.7 Å². The van der Waals surface area contributed by atoms with Crippen molar-refractivity contribution in [2.75, 3.05) is 36.4 Å². The van der Waals surface area contributed by atoms with Crippen LogP contribution >= 0.6 is 11.6 Å². The molecule has 1 aliphatic rings. The average molecular weight is 458 g/mol. The number of benzene rings is 1. The third-order valence-electron chi connectivity index (χ3n) is 5.04. The second-order valence-corrected chi connectivity index (χ2v) is 7.43. The Morgan fingerprint density at radius 2 is 1.84 bits per heavy atom. The SMILES string of the molecule is CC(C(=O)Nc1ccc([N+](=O)[O-])cc1)N1CCN(c2ncc(C(F)(F)F)cc2Cl)CC1. The Morgan fingerprint density at radius 3 is 2.35 bits per heavy atom. The predicted octanol–water partition coefficient (Wildman–Crippen LogP) is 3.81. The van der Waals surface area contributed by atoms with E-state index in [0.717, 1.165) is 12.3 Å². The number of alkyl halides is 3. The highest BCUT2D eigenvalue weighted by Crippen LogP contribution is 2.33. The van der Waals surface area contributed by atoms with Crippen molar-refractivity contribution < 1.29 is 22.9 Å².